The third kappa shape index (κ3) is 5.89. The molecule has 0 aliphatic carbocycles. The van der Waals surface area contributed by atoms with E-state index in [0.29, 0.717) is 18.9 Å². The average Bonchev–Trinajstić information content (AvgIpc) is 2.66. The molecule has 2 heterocycles. The molecular formula is C22H33F2N3O2. The smallest absolute Gasteiger partial charge is 0.270 e. The first-order valence-electron chi connectivity index (χ1n) is 10.6. The first-order valence-corrected chi connectivity index (χ1v) is 10.6. The number of halogens is 2. The number of nitrogens with one attached hydrogen (secondary N) is 2. The number of nitrogens with zero attached hydrogens (tertiary/aromatic N) is 1. The second-order valence-electron chi connectivity index (χ2n) is 8.63. The van der Waals surface area contributed by atoms with Gasteiger partial charge in [0.15, 0.2) is 0 Å². The molecule has 2 N–H and O–H groups in total. The molecule has 2 aliphatic heterocycles. The summed E-state index contributed by atoms with van der Waals surface area (Å²) >= 11 is 0. The highest BCUT2D eigenvalue weighted by molar-refractivity contribution is 5.75. The maximum Gasteiger partial charge on any atom is 0.270 e. The lowest BCUT2D eigenvalue weighted by molar-refractivity contribution is -0.121. The minimum atomic E-state index is -2.87. The third-order valence-electron chi connectivity index (χ3n) is 5.86. The highest BCUT2D eigenvalue weighted by Crippen LogP contribution is 2.45. The van der Waals surface area contributed by atoms with Gasteiger partial charge in [-0.1, -0.05) is 6.07 Å². The van der Waals surface area contributed by atoms with Gasteiger partial charge in [-0.15, -0.1) is 0 Å². The van der Waals surface area contributed by atoms with Crippen LogP contribution in [0.15, 0.2) is 18.2 Å². The van der Waals surface area contributed by atoms with Crippen LogP contribution in [0, 0.1) is 5.92 Å². The Kier molecular flexibility index (Phi) is 7.11. The first kappa shape index (κ1) is 22.0. The zero-order chi connectivity index (χ0) is 21.0. The number of carbonyl (C=O) groups is 1. The number of benzene rings is 1. The quantitative estimate of drug-likeness (QED) is 0.684. The summed E-state index contributed by atoms with van der Waals surface area (Å²) in [6.07, 6.45) is 3.95. The fourth-order valence-electron chi connectivity index (χ4n) is 4.16. The fraction of sp³-hybridized carbons (Fsp3) is 0.682. The van der Waals surface area contributed by atoms with E-state index in [1.54, 1.807) is 12.1 Å². The molecule has 0 radical (unpaired) electrons. The molecule has 0 bridgehead atoms. The van der Waals surface area contributed by atoms with Gasteiger partial charge in [0.05, 0.1) is 12.2 Å². The molecule has 162 valence electrons. The minimum Gasteiger partial charge on any atom is -0.384 e. The predicted molar refractivity (Wildman–Crippen MR) is 110 cm³/mol. The van der Waals surface area contributed by atoms with Crippen LogP contribution in [0.2, 0.25) is 0 Å². The van der Waals surface area contributed by atoms with Crippen LogP contribution < -0.4 is 10.6 Å². The lowest BCUT2D eigenvalue weighted by Gasteiger charge is -2.41. The SMILES string of the molecule is CN(C)CCNC(=O)CCC[C@H]1CC[C@H]2CNc3ccc(C(C)(F)F)cc3[C@H]2O1. The molecule has 3 rings (SSSR count). The van der Waals surface area contributed by atoms with Gasteiger partial charge in [0, 0.05) is 55.7 Å². The van der Waals surface area contributed by atoms with Crippen LogP contribution in [-0.4, -0.2) is 50.6 Å². The Morgan fingerprint density at radius 3 is 2.86 bits per heavy atom. The number of fused-ring (bicyclic) bond motifs is 3. The molecule has 0 spiro atoms. The number of hydrogen-bond donors (Lipinski definition) is 2. The topological polar surface area (TPSA) is 53.6 Å². The number of likely N-dealkylation sites (N-methyl/N-ethyl adjacent to an activating group) is 1. The Morgan fingerprint density at radius 2 is 2.14 bits per heavy atom. The van der Waals surface area contributed by atoms with Crippen LogP contribution in [0.3, 0.4) is 0 Å². The van der Waals surface area contributed by atoms with E-state index in [1.165, 1.54) is 6.07 Å². The maximum absolute atomic E-state index is 13.8. The summed E-state index contributed by atoms with van der Waals surface area (Å²) in [6, 6.07) is 4.82. The molecule has 0 aromatic heterocycles. The monoisotopic (exact) mass is 409 g/mol. The minimum absolute atomic E-state index is 0.0267. The average molecular weight is 410 g/mol. The lowest BCUT2D eigenvalue weighted by Crippen LogP contribution is -2.37. The highest BCUT2D eigenvalue weighted by Gasteiger charge is 2.37. The molecule has 7 heteroatoms. The molecule has 0 unspecified atom stereocenters. The molecule has 1 amide bonds. The van der Waals surface area contributed by atoms with Crippen molar-refractivity contribution >= 4 is 11.6 Å². The zero-order valence-electron chi connectivity index (χ0n) is 17.6. The highest BCUT2D eigenvalue weighted by atomic mass is 19.3. The van der Waals surface area contributed by atoms with Crippen molar-refractivity contribution in [3.05, 3.63) is 29.3 Å². The van der Waals surface area contributed by atoms with Crippen molar-refractivity contribution in [2.45, 2.75) is 57.2 Å². The number of rotatable bonds is 8. The van der Waals surface area contributed by atoms with Crippen molar-refractivity contribution in [3.8, 4) is 0 Å². The van der Waals surface area contributed by atoms with Crippen LogP contribution in [0.1, 0.15) is 56.3 Å². The standard InChI is InChI=1S/C22H33F2N3O2/c1-22(23,24)16-8-10-19-18(13-16)21-15(14-26-19)7-9-17(29-21)5-4-6-20(28)25-11-12-27(2)3/h8,10,13,15,17,21,26H,4-7,9,11-12,14H2,1-3H3,(H,25,28)/t15-,17-,21-/m0/s1. The number of carbonyl (C=O) groups excluding carboxylic acids is 1. The van der Waals surface area contributed by atoms with E-state index in [-0.39, 0.29) is 23.7 Å². The van der Waals surface area contributed by atoms with Crippen molar-refractivity contribution in [1.29, 1.82) is 0 Å². The molecule has 1 aromatic carbocycles. The summed E-state index contributed by atoms with van der Waals surface area (Å²) in [7, 11) is 3.95. The van der Waals surface area contributed by atoms with Crippen LogP contribution in [0.4, 0.5) is 14.5 Å². The van der Waals surface area contributed by atoms with Gasteiger partial charge in [-0.3, -0.25) is 4.79 Å². The number of amides is 1. The molecule has 3 atom stereocenters. The van der Waals surface area contributed by atoms with E-state index in [4.69, 9.17) is 4.74 Å². The van der Waals surface area contributed by atoms with Crippen LogP contribution in [-0.2, 0) is 15.5 Å². The van der Waals surface area contributed by atoms with Gasteiger partial charge < -0.3 is 20.3 Å². The number of alkyl halides is 2. The van der Waals surface area contributed by atoms with E-state index < -0.39 is 5.92 Å². The molecular weight excluding hydrogens is 376 g/mol. The van der Waals surface area contributed by atoms with Crippen LogP contribution >= 0.6 is 0 Å². The maximum atomic E-state index is 13.8. The Morgan fingerprint density at radius 1 is 1.34 bits per heavy atom. The first-order chi connectivity index (χ1) is 13.7. The number of anilines is 1. The Balaban J connectivity index is 1.54. The van der Waals surface area contributed by atoms with Gasteiger partial charge in [-0.2, -0.15) is 0 Å². The van der Waals surface area contributed by atoms with Gasteiger partial charge in [0.1, 0.15) is 0 Å². The predicted octanol–water partition coefficient (Wildman–Crippen LogP) is 3.91. The summed E-state index contributed by atoms with van der Waals surface area (Å²) in [5.74, 6) is -2.49. The van der Waals surface area contributed by atoms with E-state index in [1.807, 2.05) is 19.0 Å². The second kappa shape index (κ2) is 9.39. The molecule has 5 nitrogen and oxygen atoms in total. The summed E-state index contributed by atoms with van der Waals surface area (Å²) in [5.41, 5.74) is 1.75. The van der Waals surface area contributed by atoms with Crippen molar-refractivity contribution in [2.24, 2.45) is 5.92 Å². The normalized spacial score (nSPS) is 23.9. The van der Waals surface area contributed by atoms with Crippen molar-refractivity contribution < 1.29 is 18.3 Å². The van der Waals surface area contributed by atoms with Gasteiger partial charge >= 0.3 is 0 Å². The molecule has 29 heavy (non-hydrogen) atoms. The molecule has 0 saturated carbocycles. The zero-order valence-corrected chi connectivity index (χ0v) is 17.6. The largest absolute Gasteiger partial charge is 0.384 e. The summed E-state index contributed by atoms with van der Waals surface area (Å²) in [5, 5.41) is 6.29. The Labute approximate surface area is 172 Å². The second-order valence-corrected chi connectivity index (χ2v) is 8.63. The Hall–Kier alpha value is -1.73. The van der Waals surface area contributed by atoms with Crippen molar-refractivity contribution in [3.63, 3.8) is 0 Å². The third-order valence-corrected chi connectivity index (χ3v) is 5.86. The van der Waals surface area contributed by atoms with Gasteiger partial charge in [-0.05, 0) is 51.9 Å². The molecule has 1 aromatic rings. The molecule has 2 aliphatic rings. The molecule has 1 saturated heterocycles. The number of ether oxygens (including phenoxy) is 1. The van der Waals surface area contributed by atoms with Gasteiger partial charge in [0.2, 0.25) is 5.91 Å². The van der Waals surface area contributed by atoms with Crippen molar-refractivity contribution in [2.75, 3.05) is 39.0 Å². The lowest BCUT2D eigenvalue weighted by atomic mass is 9.82. The van der Waals surface area contributed by atoms with E-state index >= 15 is 0 Å². The van der Waals surface area contributed by atoms with Gasteiger partial charge in [-0.25, -0.2) is 8.78 Å². The fourth-order valence-corrected chi connectivity index (χ4v) is 4.16. The van der Waals surface area contributed by atoms with E-state index in [2.05, 4.69) is 10.6 Å². The molecule has 1 fully saturated rings. The van der Waals surface area contributed by atoms with E-state index in [0.717, 1.165) is 56.9 Å². The van der Waals surface area contributed by atoms with Gasteiger partial charge in [0.25, 0.3) is 5.92 Å². The number of hydrogen-bond acceptors (Lipinski definition) is 4. The van der Waals surface area contributed by atoms with E-state index in [9.17, 15) is 13.6 Å². The van der Waals surface area contributed by atoms with Crippen molar-refractivity contribution in [1.82, 2.24) is 10.2 Å². The summed E-state index contributed by atoms with van der Waals surface area (Å²) in [4.78, 5) is 14.0. The summed E-state index contributed by atoms with van der Waals surface area (Å²) in [6.45, 7) is 3.22. The summed E-state index contributed by atoms with van der Waals surface area (Å²) < 4.78 is 34.0. The van der Waals surface area contributed by atoms with Crippen LogP contribution in [0.25, 0.3) is 0 Å². The Bertz CT molecular complexity index is 706. The van der Waals surface area contributed by atoms with Crippen LogP contribution in [0.5, 0.6) is 0 Å².